The van der Waals surface area contributed by atoms with E-state index in [0.717, 1.165) is 0 Å². The molecule has 0 spiro atoms. The first-order valence-electron chi connectivity index (χ1n) is 8.73. The van der Waals surface area contributed by atoms with Crippen LogP contribution in [0.5, 0.6) is 5.75 Å². The van der Waals surface area contributed by atoms with Crippen molar-refractivity contribution < 1.29 is 59.7 Å². The third-order valence-corrected chi connectivity index (χ3v) is 5.77. The molecule has 1 saturated heterocycles. The number of fused-ring (bicyclic) bond motifs is 4. The van der Waals surface area contributed by atoms with Crippen LogP contribution in [0, 0.1) is 5.92 Å². The van der Waals surface area contributed by atoms with Gasteiger partial charge in [0.05, 0.1) is 22.3 Å². The summed E-state index contributed by atoms with van der Waals surface area (Å²) in [5.74, 6) is -8.88. The van der Waals surface area contributed by atoms with Crippen molar-refractivity contribution in [3.8, 4) is 5.75 Å². The average Bonchev–Trinajstić information content (AvgIpc) is 3.09. The number of benzene rings is 1. The molecule has 0 aromatic heterocycles. The topological polar surface area (TPSA) is 96.0 Å². The lowest BCUT2D eigenvalue weighted by molar-refractivity contribution is -0.323. The number of ether oxygens (including phenoxy) is 3. The lowest BCUT2D eigenvalue weighted by atomic mass is 9.62. The average molecular weight is 460 g/mol. The summed E-state index contributed by atoms with van der Waals surface area (Å²) in [6, 6.07) is 0.834. The lowest BCUT2D eigenvalue weighted by Crippen LogP contribution is -2.64. The fourth-order valence-electron chi connectivity index (χ4n) is 4.44. The van der Waals surface area contributed by atoms with Gasteiger partial charge < -0.3 is 14.2 Å². The van der Waals surface area contributed by atoms with Crippen molar-refractivity contribution in [3.63, 3.8) is 0 Å². The van der Waals surface area contributed by atoms with Crippen molar-refractivity contribution in [1.82, 2.24) is 0 Å². The van der Waals surface area contributed by atoms with Crippen LogP contribution in [0.1, 0.15) is 26.3 Å². The highest BCUT2D eigenvalue weighted by atomic mass is 19.4. The summed E-state index contributed by atoms with van der Waals surface area (Å²) in [5.41, 5.74) is -8.77. The van der Waals surface area contributed by atoms with E-state index in [9.17, 15) is 45.5 Å². The maximum Gasteiger partial charge on any atom is 0.408 e. The van der Waals surface area contributed by atoms with Gasteiger partial charge >= 0.3 is 36.2 Å². The zero-order valence-corrected chi connectivity index (χ0v) is 15.1. The summed E-state index contributed by atoms with van der Waals surface area (Å²) in [6.45, 7) is 0. The Morgan fingerprint density at radius 2 is 1.22 bits per heavy atom. The molecule has 4 aliphatic rings. The van der Waals surface area contributed by atoms with Crippen LogP contribution >= 0.6 is 0 Å². The Morgan fingerprint density at radius 1 is 0.719 bits per heavy atom. The number of carbonyl (C=O) groups excluding carboxylic acids is 4. The minimum absolute atomic E-state index is 0.269. The van der Waals surface area contributed by atoms with Gasteiger partial charge in [0.1, 0.15) is 11.9 Å². The first kappa shape index (κ1) is 20.3. The molecule has 1 aromatic rings. The van der Waals surface area contributed by atoms with Gasteiger partial charge in [-0.3, -0.25) is 0 Å². The van der Waals surface area contributed by atoms with E-state index in [2.05, 4.69) is 9.47 Å². The molecule has 0 bridgehead atoms. The van der Waals surface area contributed by atoms with Crippen LogP contribution in [0.15, 0.2) is 35.4 Å². The highest BCUT2D eigenvalue weighted by molar-refractivity contribution is 6.18. The molecule has 3 aliphatic heterocycles. The fraction of sp³-hybridized carbons (Fsp3) is 0.263. The SMILES string of the molecule is O=C1OC(=O)C2=CC3C(C=C12)Oc1cc2c(cc1C3(C(F)(F)F)C(F)(F)F)C(=O)OC2=O. The van der Waals surface area contributed by atoms with E-state index >= 15 is 0 Å². The summed E-state index contributed by atoms with van der Waals surface area (Å²) in [6.07, 6.45) is -13.0. The second-order valence-electron chi connectivity index (χ2n) is 7.32. The van der Waals surface area contributed by atoms with Crippen LogP contribution < -0.4 is 4.74 Å². The maximum atomic E-state index is 14.4. The van der Waals surface area contributed by atoms with Gasteiger partial charge in [-0.1, -0.05) is 6.08 Å². The van der Waals surface area contributed by atoms with E-state index in [-0.39, 0.29) is 6.07 Å². The first-order valence-corrected chi connectivity index (χ1v) is 8.73. The smallest absolute Gasteiger partial charge is 0.408 e. The summed E-state index contributed by atoms with van der Waals surface area (Å²) >= 11 is 0. The number of halogens is 6. The molecule has 2 atom stereocenters. The summed E-state index contributed by atoms with van der Waals surface area (Å²) in [5, 5.41) is 0. The van der Waals surface area contributed by atoms with Gasteiger partial charge in [-0.25, -0.2) is 19.2 Å². The second-order valence-corrected chi connectivity index (χ2v) is 7.32. The van der Waals surface area contributed by atoms with Crippen LogP contribution in [-0.2, 0) is 24.5 Å². The number of hydrogen-bond acceptors (Lipinski definition) is 7. The third-order valence-electron chi connectivity index (χ3n) is 5.77. The van der Waals surface area contributed by atoms with Crippen LogP contribution in [0.4, 0.5) is 26.3 Å². The molecule has 166 valence electrons. The van der Waals surface area contributed by atoms with E-state index in [1.807, 2.05) is 0 Å². The second kappa shape index (κ2) is 5.78. The van der Waals surface area contributed by atoms with Crippen molar-refractivity contribution in [1.29, 1.82) is 0 Å². The Morgan fingerprint density at radius 3 is 1.78 bits per heavy atom. The van der Waals surface area contributed by atoms with E-state index in [0.29, 0.717) is 18.2 Å². The van der Waals surface area contributed by atoms with Crippen LogP contribution in [0.2, 0.25) is 0 Å². The number of esters is 4. The molecule has 5 rings (SSSR count). The molecule has 1 aliphatic carbocycles. The minimum atomic E-state index is -6.01. The highest BCUT2D eigenvalue weighted by Gasteiger charge is 2.78. The predicted octanol–water partition coefficient (Wildman–Crippen LogP) is 2.69. The number of rotatable bonds is 0. The molecule has 0 radical (unpaired) electrons. The van der Waals surface area contributed by atoms with Crippen molar-refractivity contribution >= 4 is 23.9 Å². The Labute approximate surface area is 172 Å². The molecule has 2 unspecified atom stereocenters. The minimum Gasteiger partial charge on any atom is -0.485 e. The standard InChI is InChI=1S/C19H6F6O7/c20-18(21,22)17(19(23,24)25)9-1-5-7(15(28)31-13(5)26)3-11(9)30-12-4-8-6(2-10(12)17)14(27)32-16(8)29/h1-4,9,11H. The van der Waals surface area contributed by atoms with Crippen molar-refractivity contribution in [3.05, 3.63) is 52.1 Å². The van der Waals surface area contributed by atoms with Crippen molar-refractivity contribution in [2.75, 3.05) is 0 Å². The zero-order valence-electron chi connectivity index (χ0n) is 15.1. The number of carbonyl (C=O) groups is 4. The van der Waals surface area contributed by atoms with Gasteiger partial charge in [-0.15, -0.1) is 0 Å². The van der Waals surface area contributed by atoms with E-state index in [1.54, 1.807) is 0 Å². The molecular formula is C19H6F6O7. The molecule has 1 aromatic carbocycles. The Bertz CT molecular complexity index is 1210. The molecule has 3 heterocycles. The Kier molecular flexibility index (Phi) is 3.66. The predicted molar refractivity (Wildman–Crippen MR) is 85.1 cm³/mol. The van der Waals surface area contributed by atoms with Crippen LogP contribution in [0.3, 0.4) is 0 Å². The Hall–Kier alpha value is -3.64. The van der Waals surface area contributed by atoms with Gasteiger partial charge in [0.25, 0.3) is 0 Å². The Balaban J connectivity index is 1.87. The molecule has 0 saturated carbocycles. The van der Waals surface area contributed by atoms with E-state index in [4.69, 9.17) is 4.74 Å². The van der Waals surface area contributed by atoms with Crippen LogP contribution in [0.25, 0.3) is 0 Å². The van der Waals surface area contributed by atoms with Crippen LogP contribution in [-0.4, -0.2) is 42.3 Å². The van der Waals surface area contributed by atoms with Gasteiger partial charge in [-0.2, -0.15) is 26.3 Å². The monoisotopic (exact) mass is 460 g/mol. The maximum absolute atomic E-state index is 14.4. The summed E-state index contributed by atoms with van der Waals surface area (Å²) < 4.78 is 100. The van der Waals surface area contributed by atoms with Crippen molar-refractivity contribution in [2.24, 2.45) is 5.92 Å². The number of cyclic esters (lactones) is 4. The number of alkyl halides is 6. The largest absolute Gasteiger partial charge is 0.485 e. The van der Waals surface area contributed by atoms with E-state index in [1.165, 1.54) is 0 Å². The lowest BCUT2D eigenvalue weighted by Gasteiger charge is -2.49. The first-order chi connectivity index (χ1) is 14.8. The van der Waals surface area contributed by atoms with Gasteiger partial charge in [-0.05, 0) is 18.2 Å². The summed E-state index contributed by atoms with van der Waals surface area (Å²) in [4.78, 5) is 47.2. The van der Waals surface area contributed by atoms with Gasteiger partial charge in [0, 0.05) is 11.5 Å². The molecular weight excluding hydrogens is 454 g/mol. The number of hydrogen-bond donors (Lipinski definition) is 0. The normalized spacial score (nSPS) is 25.6. The molecule has 7 nitrogen and oxygen atoms in total. The molecule has 0 N–H and O–H groups in total. The zero-order chi connectivity index (χ0) is 23.4. The van der Waals surface area contributed by atoms with Crippen molar-refractivity contribution in [2.45, 2.75) is 23.9 Å². The highest BCUT2D eigenvalue weighted by Crippen LogP contribution is 2.63. The quantitative estimate of drug-likeness (QED) is 0.334. The van der Waals surface area contributed by atoms with Gasteiger partial charge in [0.2, 0.25) is 0 Å². The third kappa shape index (κ3) is 2.27. The fourth-order valence-corrected chi connectivity index (χ4v) is 4.44. The summed E-state index contributed by atoms with van der Waals surface area (Å²) in [7, 11) is 0. The van der Waals surface area contributed by atoms with E-state index < -0.39 is 87.3 Å². The molecule has 13 heteroatoms. The van der Waals surface area contributed by atoms with Gasteiger partial charge in [0.15, 0.2) is 5.41 Å². The molecule has 1 fully saturated rings. The molecule has 32 heavy (non-hydrogen) atoms. The molecule has 0 amide bonds.